The molecule has 2 fully saturated rings. The van der Waals surface area contributed by atoms with Crippen LogP contribution in [0.4, 0.5) is 4.39 Å². The van der Waals surface area contributed by atoms with Crippen LogP contribution in [0, 0.1) is 5.82 Å². The first-order chi connectivity index (χ1) is 19.4. The molecule has 0 saturated heterocycles. The minimum Gasteiger partial charge on any atom is -0.435 e. The molecule has 0 radical (unpaired) electrons. The van der Waals surface area contributed by atoms with Gasteiger partial charge in [0.15, 0.2) is 11.4 Å². The van der Waals surface area contributed by atoms with Gasteiger partial charge < -0.3 is 19.4 Å². The lowest BCUT2D eigenvalue weighted by Gasteiger charge is -2.22. The minimum atomic E-state index is -0.585. The van der Waals surface area contributed by atoms with Crippen LogP contribution in [0.1, 0.15) is 55.7 Å². The third-order valence-corrected chi connectivity index (χ3v) is 8.07. The molecule has 0 aliphatic heterocycles. The molecule has 0 atom stereocenters. The second-order valence-corrected chi connectivity index (χ2v) is 11.3. The van der Waals surface area contributed by atoms with Crippen LogP contribution in [-0.2, 0) is 13.6 Å². The summed E-state index contributed by atoms with van der Waals surface area (Å²) in [5.41, 5.74) is 5.98. The number of aliphatic hydroxyl groups is 1. The molecule has 0 amide bonds. The summed E-state index contributed by atoms with van der Waals surface area (Å²) >= 11 is 0. The van der Waals surface area contributed by atoms with E-state index in [1.807, 2.05) is 31.3 Å². The first-order valence-corrected chi connectivity index (χ1v) is 13.9. The number of benzene rings is 2. The molecule has 2 aliphatic rings. The summed E-state index contributed by atoms with van der Waals surface area (Å²) < 4.78 is 22.3. The van der Waals surface area contributed by atoms with Gasteiger partial charge in [-0.1, -0.05) is 25.0 Å². The van der Waals surface area contributed by atoms with Crippen molar-refractivity contribution in [1.29, 1.82) is 0 Å². The lowest BCUT2D eigenvalue weighted by molar-refractivity contribution is 0.0475. The quantitative estimate of drug-likeness (QED) is 0.259. The molecule has 2 aliphatic carbocycles. The zero-order valence-corrected chi connectivity index (χ0v) is 22.4. The van der Waals surface area contributed by atoms with Gasteiger partial charge in [-0.15, -0.1) is 10.2 Å². The van der Waals surface area contributed by atoms with Gasteiger partial charge in [-0.3, -0.25) is 0 Å². The van der Waals surface area contributed by atoms with Crippen LogP contribution < -0.4 is 5.32 Å². The predicted molar refractivity (Wildman–Crippen MR) is 150 cm³/mol. The number of nitrogens with zero attached hydrogens (tertiary/aromatic N) is 5. The van der Waals surface area contributed by atoms with Crippen molar-refractivity contribution in [3.05, 3.63) is 71.9 Å². The van der Waals surface area contributed by atoms with Gasteiger partial charge in [-0.2, -0.15) is 0 Å². The van der Waals surface area contributed by atoms with Gasteiger partial charge in [-0.05, 0) is 78.8 Å². The van der Waals surface area contributed by atoms with Crippen molar-refractivity contribution < 1.29 is 13.9 Å². The van der Waals surface area contributed by atoms with E-state index in [2.05, 4.69) is 21.6 Å². The zero-order valence-electron chi connectivity index (χ0n) is 22.4. The highest BCUT2D eigenvalue weighted by molar-refractivity contribution is 5.83. The number of aromatic nitrogens is 5. The number of aryl methyl sites for hydroxylation is 1. The molecular formula is C31H31FN6O2. The van der Waals surface area contributed by atoms with E-state index in [1.165, 1.54) is 12.1 Å². The Labute approximate surface area is 231 Å². The monoisotopic (exact) mass is 538 g/mol. The van der Waals surface area contributed by atoms with Crippen LogP contribution in [0.2, 0.25) is 0 Å². The first kappa shape index (κ1) is 25.0. The average Bonchev–Trinajstić information content (AvgIpc) is 3.34. The molecule has 2 aromatic carbocycles. The average molecular weight is 539 g/mol. The Bertz CT molecular complexity index is 1700. The summed E-state index contributed by atoms with van der Waals surface area (Å²) in [4.78, 5) is 9.74. The molecule has 40 heavy (non-hydrogen) atoms. The lowest BCUT2D eigenvalue weighted by atomic mass is 9.97. The highest BCUT2D eigenvalue weighted by Gasteiger charge is 2.30. The van der Waals surface area contributed by atoms with E-state index in [0.717, 1.165) is 66.4 Å². The number of rotatable bonds is 8. The smallest absolute Gasteiger partial charge is 0.246 e. The molecule has 0 spiro atoms. The van der Waals surface area contributed by atoms with Crippen LogP contribution in [0.5, 0.6) is 0 Å². The van der Waals surface area contributed by atoms with Crippen molar-refractivity contribution in [2.75, 3.05) is 6.54 Å². The highest BCUT2D eigenvalue weighted by Crippen LogP contribution is 2.42. The number of oxazole rings is 1. The molecule has 2 N–H and O–H groups in total. The second kappa shape index (κ2) is 9.91. The van der Waals surface area contributed by atoms with E-state index in [9.17, 15) is 9.50 Å². The Balaban J connectivity index is 1.22. The number of fused-ring (bicyclic) bond motifs is 1. The fraction of sp³-hybridized carbons (Fsp3) is 0.355. The number of pyridine rings is 1. The maximum Gasteiger partial charge on any atom is 0.246 e. The second-order valence-electron chi connectivity index (χ2n) is 11.3. The van der Waals surface area contributed by atoms with E-state index in [4.69, 9.17) is 14.4 Å². The summed E-state index contributed by atoms with van der Waals surface area (Å²) in [5, 5.41) is 22.2. The lowest BCUT2D eigenvalue weighted by Crippen LogP contribution is -2.37. The molecule has 204 valence electrons. The van der Waals surface area contributed by atoms with E-state index in [0.29, 0.717) is 47.6 Å². The summed E-state index contributed by atoms with van der Waals surface area (Å²) in [6, 6.07) is 14.8. The Morgan fingerprint density at radius 3 is 2.67 bits per heavy atom. The van der Waals surface area contributed by atoms with E-state index in [-0.39, 0.29) is 5.82 Å². The molecule has 3 heterocycles. The van der Waals surface area contributed by atoms with Gasteiger partial charge in [0.25, 0.3) is 0 Å². The molecule has 8 nitrogen and oxygen atoms in total. The summed E-state index contributed by atoms with van der Waals surface area (Å²) in [6.07, 6.45) is 7.69. The molecule has 2 saturated carbocycles. The highest BCUT2D eigenvalue weighted by atomic mass is 19.1. The number of hydrogen-bond acceptors (Lipinski definition) is 7. The van der Waals surface area contributed by atoms with E-state index >= 15 is 0 Å². The normalized spacial score (nSPS) is 16.7. The minimum absolute atomic E-state index is 0.333. The molecular weight excluding hydrogens is 507 g/mol. The Morgan fingerprint density at radius 2 is 1.90 bits per heavy atom. The number of hydrogen-bond donors (Lipinski definition) is 2. The van der Waals surface area contributed by atoms with Gasteiger partial charge in [0.05, 0.1) is 5.60 Å². The third-order valence-electron chi connectivity index (χ3n) is 8.07. The topological polar surface area (TPSA) is 102 Å². The van der Waals surface area contributed by atoms with Crippen LogP contribution >= 0.6 is 0 Å². The molecule has 0 unspecified atom stereocenters. The van der Waals surface area contributed by atoms with Crippen molar-refractivity contribution in [2.45, 2.75) is 56.6 Å². The van der Waals surface area contributed by atoms with Crippen LogP contribution in [0.25, 0.3) is 45.2 Å². The van der Waals surface area contributed by atoms with Gasteiger partial charge in [0.2, 0.25) is 5.89 Å². The maximum atomic E-state index is 14.4. The number of nitrogens with one attached hydrogen (secondary N) is 1. The van der Waals surface area contributed by atoms with Crippen molar-refractivity contribution in [3.63, 3.8) is 0 Å². The van der Waals surface area contributed by atoms with Crippen molar-refractivity contribution in [2.24, 2.45) is 7.05 Å². The summed E-state index contributed by atoms with van der Waals surface area (Å²) in [6.45, 7) is 1.24. The molecule has 7 rings (SSSR count). The van der Waals surface area contributed by atoms with Gasteiger partial charge in [0.1, 0.15) is 23.4 Å². The molecule has 9 heteroatoms. The van der Waals surface area contributed by atoms with Crippen molar-refractivity contribution in [1.82, 2.24) is 30.0 Å². The Hall–Kier alpha value is -3.95. The van der Waals surface area contributed by atoms with Crippen LogP contribution in [0.3, 0.4) is 0 Å². The van der Waals surface area contributed by atoms with E-state index < -0.39 is 5.60 Å². The summed E-state index contributed by atoms with van der Waals surface area (Å²) in [5.74, 6) is 1.10. The fourth-order valence-electron chi connectivity index (χ4n) is 5.73. The predicted octanol–water partition coefficient (Wildman–Crippen LogP) is 5.76. The molecule has 0 bridgehead atoms. The largest absolute Gasteiger partial charge is 0.435 e. The molecule has 5 aromatic rings. The Kier molecular flexibility index (Phi) is 6.20. The summed E-state index contributed by atoms with van der Waals surface area (Å²) in [7, 11) is 1.84. The maximum absolute atomic E-state index is 14.4. The van der Waals surface area contributed by atoms with Crippen LogP contribution in [-0.4, -0.2) is 42.0 Å². The van der Waals surface area contributed by atoms with Crippen molar-refractivity contribution in [3.8, 4) is 34.1 Å². The fourth-order valence-corrected chi connectivity index (χ4v) is 5.73. The standard InChI is InChI=1S/C31H31FN6O2/c1-38-18-34-37-29(38)24-15-22(32)7-8-23(24)21-13-25(20-5-6-20)35-27(14-21)30-36-26-12-19(4-9-28(26)40-30)16-33-17-31(39)10-2-3-11-31/h4,7-9,12-15,18,20,33,39H,2-3,5-6,10-11,16-17H2,1H3. The SMILES string of the molecule is Cn1cnnc1-c1cc(F)ccc1-c1cc(-c2nc3cc(CNCC4(O)CCCC4)ccc3o2)nc(C2CC2)c1. The van der Waals surface area contributed by atoms with E-state index in [1.54, 1.807) is 17.0 Å². The Morgan fingerprint density at radius 1 is 1.05 bits per heavy atom. The molecule has 3 aromatic heterocycles. The zero-order chi connectivity index (χ0) is 27.3. The van der Waals surface area contributed by atoms with Crippen molar-refractivity contribution >= 4 is 11.1 Å². The van der Waals surface area contributed by atoms with Gasteiger partial charge >= 0.3 is 0 Å². The first-order valence-electron chi connectivity index (χ1n) is 13.9. The van der Waals surface area contributed by atoms with Gasteiger partial charge in [-0.25, -0.2) is 14.4 Å². The third kappa shape index (κ3) is 4.91. The van der Waals surface area contributed by atoms with Gasteiger partial charge in [0, 0.05) is 37.3 Å². The van der Waals surface area contributed by atoms with Crippen LogP contribution in [0.15, 0.2) is 59.3 Å². The number of halogens is 1.